The lowest BCUT2D eigenvalue weighted by Gasteiger charge is -2.25. The van der Waals surface area contributed by atoms with Crippen molar-refractivity contribution in [1.29, 1.82) is 0 Å². The maximum Gasteiger partial charge on any atom is 0.136 e. The average molecular weight is 213 g/mol. The van der Waals surface area contributed by atoms with E-state index in [0.717, 1.165) is 16.9 Å². The third kappa shape index (κ3) is 1.26. The first-order chi connectivity index (χ1) is 7.75. The summed E-state index contributed by atoms with van der Waals surface area (Å²) in [5, 5.41) is 9.40. The van der Waals surface area contributed by atoms with Gasteiger partial charge < -0.3 is 15.6 Å². The zero-order valence-electron chi connectivity index (χ0n) is 8.55. The van der Waals surface area contributed by atoms with E-state index in [1.165, 1.54) is 0 Å². The molecule has 0 aliphatic carbocycles. The lowest BCUT2D eigenvalue weighted by atomic mass is 9.95. The molecule has 3 heteroatoms. The van der Waals surface area contributed by atoms with Crippen molar-refractivity contribution < 1.29 is 9.84 Å². The number of phenols is 1. The van der Waals surface area contributed by atoms with Gasteiger partial charge in [0.1, 0.15) is 17.2 Å². The van der Waals surface area contributed by atoms with Gasteiger partial charge >= 0.3 is 0 Å². The Bertz CT molecular complexity index is 551. The van der Waals surface area contributed by atoms with E-state index in [9.17, 15) is 5.11 Å². The molecule has 0 fully saturated rings. The molecule has 0 spiro atoms. The van der Waals surface area contributed by atoms with Crippen molar-refractivity contribution in [2.24, 2.45) is 5.73 Å². The minimum absolute atomic E-state index is 0.185. The Morgan fingerprint density at radius 2 is 1.75 bits per heavy atom. The van der Waals surface area contributed by atoms with Gasteiger partial charge in [-0.2, -0.15) is 0 Å². The van der Waals surface area contributed by atoms with Crippen LogP contribution in [0.4, 0.5) is 0 Å². The van der Waals surface area contributed by atoms with Crippen LogP contribution in [0.5, 0.6) is 17.2 Å². The van der Waals surface area contributed by atoms with Crippen LogP contribution in [0.3, 0.4) is 0 Å². The van der Waals surface area contributed by atoms with Crippen molar-refractivity contribution in [2.75, 3.05) is 0 Å². The van der Waals surface area contributed by atoms with E-state index in [2.05, 4.69) is 0 Å². The number of nitrogens with two attached hydrogens (primary N) is 1. The third-order valence-corrected chi connectivity index (χ3v) is 2.81. The Morgan fingerprint density at radius 3 is 2.62 bits per heavy atom. The molecule has 16 heavy (non-hydrogen) atoms. The molecule has 0 radical (unpaired) electrons. The summed E-state index contributed by atoms with van der Waals surface area (Å²) in [6.07, 6.45) is 0. The number of hydrogen-bond acceptors (Lipinski definition) is 3. The van der Waals surface area contributed by atoms with E-state index in [1.807, 2.05) is 24.3 Å². The molecule has 1 heterocycles. The summed E-state index contributed by atoms with van der Waals surface area (Å²) in [5.74, 6) is 1.57. The first-order valence-corrected chi connectivity index (χ1v) is 5.11. The maximum absolute atomic E-state index is 9.40. The molecular formula is C13H11NO2. The van der Waals surface area contributed by atoms with Crippen LogP contribution in [-0.2, 0) is 0 Å². The zero-order chi connectivity index (χ0) is 11.1. The number of phenolic OH excluding ortho intramolecular Hbond substituents is 1. The van der Waals surface area contributed by atoms with Crippen molar-refractivity contribution in [3.63, 3.8) is 0 Å². The van der Waals surface area contributed by atoms with E-state index < -0.39 is 0 Å². The summed E-state index contributed by atoms with van der Waals surface area (Å²) in [7, 11) is 0. The van der Waals surface area contributed by atoms with Gasteiger partial charge in [-0.3, -0.25) is 0 Å². The zero-order valence-corrected chi connectivity index (χ0v) is 8.55. The van der Waals surface area contributed by atoms with Crippen LogP contribution in [0.25, 0.3) is 0 Å². The molecule has 1 aliphatic rings. The van der Waals surface area contributed by atoms with Crippen LogP contribution >= 0.6 is 0 Å². The molecule has 0 saturated heterocycles. The standard InChI is InChI=1S/C13H11NO2/c14-13-9-3-1-2-4-11(9)16-12-7-8(15)5-6-10(12)13/h1-7,13,15H,14H2. The fourth-order valence-electron chi connectivity index (χ4n) is 1.98. The quantitative estimate of drug-likeness (QED) is 0.707. The summed E-state index contributed by atoms with van der Waals surface area (Å²) in [4.78, 5) is 0. The van der Waals surface area contributed by atoms with E-state index in [0.29, 0.717) is 5.75 Å². The van der Waals surface area contributed by atoms with E-state index in [4.69, 9.17) is 10.5 Å². The van der Waals surface area contributed by atoms with Crippen LogP contribution in [0.15, 0.2) is 42.5 Å². The summed E-state index contributed by atoms with van der Waals surface area (Å²) < 4.78 is 5.69. The second kappa shape index (κ2) is 3.25. The van der Waals surface area contributed by atoms with E-state index in [1.54, 1.807) is 18.2 Å². The number of benzene rings is 2. The number of fused-ring (bicyclic) bond motifs is 2. The predicted octanol–water partition coefficient (Wildman–Crippen LogP) is 2.55. The monoisotopic (exact) mass is 213 g/mol. The molecule has 1 atom stereocenters. The summed E-state index contributed by atoms with van der Waals surface area (Å²) in [6, 6.07) is 12.5. The largest absolute Gasteiger partial charge is 0.508 e. The molecule has 80 valence electrons. The molecular weight excluding hydrogens is 202 g/mol. The summed E-state index contributed by atoms with van der Waals surface area (Å²) >= 11 is 0. The molecule has 0 amide bonds. The predicted molar refractivity (Wildman–Crippen MR) is 60.7 cm³/mol. The second-order valence-electron chi connectivity index (χ2n) is 3.84. The molecule has 2 aromatic rings. The summed E-state index contributed by atoms with van der Waals surface area (Å²) in [6.45, 7) is 0. The van der Waals surface area contributed by atoms with Gasteiger partial charge in [0.15, 0.2) is 0 Å². The van der Waals surface area contributed by atoms with Gasteiger partial charge in [0.25, 0.3) is 0 Å². The van der Waals surface area contributed by atoms with E-state index >= 15 is 0 Å². The van der Waals surface area contributed by atoms with E-state index in [-0.39, 0.29) is 11.8 Å². The van der Waals surface area contributed by atoms with Crippen LogP contribution in [0, 0.1) is 0 Å². The topological polar surface area (TPSA) is 55.5 Å². The Labute approximate surface area is 93.1 Å². The Balaban J connectivity index is 2.18. The highest BCUT2D eigenvalue weighted by Gasteiger charge is 2.23. The van der Waals surface area contributed by atoms with Gasteiger partial charge in [-0.1, -0.05) is 18.2 Å². The Morgan fingerprint density at radius 1 is 1.00 bits per heavy atom. The van der Waals surface area contributed by atoms with Crippen molar-refractivity contribution in [1.82, 2.24) is 0 Å². The van der Waals surface area contributed by atoms with Crippen LogP contribution < -0.4 is 10.5 Å². The highest BCUT2D eigenvalue weighted by molar-refractivity contribution is 5.54. The molecule has 0 aromatic heterocycles. The van der Waals surface area contributed by atoms with Gasteiger partial charge in [-0.25, -0.2) is 0 Å². The number of aromatic hydroxyl groups is 1. The Kier molecular flexibility index (Phi) is 1.88. The van der Waals surface area contributed by atoms with Gasteiger partial charge in [-0.15, -0.1) is 0 Å². The van der Waals surface area contributed by atoms with Crippen LogP contribution in [0.2, 0.25) is 0 Å². The molecule has 3 N–H and O–H groups in total. The van der Waals surface area contributed by atoms with Crippen LogP contribution in [0.1, 0.15) is 17.2 Å². The molecule has 0 saturated carbocycles. The normalized spacial score (nSPS) is 17.2. The van der Waals surface area contributed by atoms with Gasteiger partial charge in [0, 0.05) is 17.2 Å². The fraction of sp³-hybridized carbons (Fsp3) is 0.0769. The van der Waals surface area contributed by atoms with Gasteiger partial charge in [0.05, 0.1) is 6.04 Å². The van der Waals surface area contributed by atoms with Crippen molar-refractivity contribution in [3.05, 3.63) is 53.6 Å². The lowest BCUT2D eigenvalue weighted by Crippen LogP contribution is -2.17. The van der Waals surface area contributed by atoms with Crippen molar-refractivity contribution in [3.8, 4) is 17.2 Å². The molecule has 3 nitrogen and oxygen atoms in total. The molecule has 0 bridgehead atoms. The van der Waals surface area contributed by atoms with Crippen molar-refractivity contribution >= 4 is 0 Å². The second-order valence-corrected chi connectivity index (χ2v) is 3.84. The summed E-state index contributed by atoms with van der Waals surface area (Å²) in [5.41, 5.74) is 8.02. The number of ether oxygens (including phenoxy) is 1. The molecule has 1 aliphatic heterocycles. The minimum atomic E-state index is -0.194. The van der Waals surface area contributed by atoms with Crippen LogP contribution in [-0.4, -0.2) is 5.11 Å². The highest BCUT2D eigenvalue weighted by Crippen LogP contribution is 2.42. The maximum atomic E-state index is 9.40. The number of rotatable bonds is 0. The molecule has 1 unspecified atom stereocenters. The minimum Gasteiger partial charge on any atom is -0.508 e. The third-order valence-electron chi connectivity index (χ3n) is 2.81. The number of hydrogen-bond donors (Lipinski definition) is 2. The smallest absolute Gasteiger partial charge is 0.136 e. The highest BCUT2D eigenvalue weighted by atomic mass is 16.5. The van der Waals surface area contributed by atoms with Gasteiger partial charge in [0.2, 0.25) is 0 Å². The van der Waals surface area contributed by atoms with Gasteiger partial charge in [-0.05, 0) is 18.2 Å². The molecule has 3 rings (SSSR count). The Hall–Kier alpha value is -2.00. The first kappa shape index (κ1) is 9.24. The molecule has 2 aromatic carbocycles. The SMILES string of the molecule is NC1c2ccccc2Oc2cc(O)ccc21. The number of para-hydroxylation sites is 1. The van der Waals surface area contributed by atoms with Crippen molar-refractivity contribution in [2.45, 2.75) is 6.04 Å². The lowest BCUT2D eigenvalue weighted by molar-refractivity contribution is 0.433. The first-order valence-electron chi connectivity index (χ1n) is 5.11. The fourth-order valence-corrected chi connectivity index (χ4v) is 1.98. The average Bonchev–Trinajstić information content (AvgIpc) is 2.29.